The largest absolute Gasteiger partial charge is 0.502 e. The molecule has 0 fully saturated rings. The summed E-state index contributed by atoms with van der Waals surface area (Å²) in [6, 6.07) is 8.00. The molecule has 0 aliphatic rings. The summed E-state index contributed by atoms with van der Waals surface area (Å²) in [5, 5.41) is 32.4. The highest BCUT2D eigenvalue weighted by atomic mass is 79.9. The second-order valence-electron chi connectivity index (χ2n) is 5.15. The van der Waals surface area contributed by atoms with Crippen molar-refractivity contribution in [2.45, 2.75) is 5.75 Å². The number of nitro benzene ring substituents is 2. The summed E-state index contributed by atoms with van der Waals surface area (Å²) < 4.78 is 25.1. The lowest BCUT2D eigenvalue weighted by Gasteiger charge is -2.03. The summed E-state index contributed by atoms with van der Waals surface area (Å²) in [6.07, 6.45) is 0.892. The maximum atomic E-state index is 12.2. The second-order valence-corrected chi connectivity index (χ2v) is 7.96. The average molecular weight is 443 g/mol. The van der Waals surface area contributed by atoms with Crippen molar-refractivity contribution in [3.8, 4) is 5.75 Å². The van der Waals surface area contributed by atoms with Crippen LogP contribution >= 0.6 is 15.9 Å². The number of hydrogen-bond donors (Lipinski definition) is 1. The van der Waals surface area contributed by atoms with Crippen LogP contribution in [-0.4, -0.2) is 23.4 Å². The molecular weight excluding hydrogens is 432 g/mol. The fraction of sp³-hybridized carbons (Fsp3) is 0.0667. The monoisotopic (exact) mass is 442 g/mol. The van der Waals surface area contributed by atoms with E-state index in [2.05, 4.69) is 15.9 Å². The molecule has 0 heterocycles. The zero-order valence-corrected chi connectivity index (χ0v) is 15.3. The zero-order chi connectivity index (χ0) is 19.5. The minimum atomic E-state index is -3.78. The third-order valence-electron chi connectivity index (χ3n) is 3.25. The first-order chi connectivity index (χ1) is 12.1. The van der Waals surface area contributed by atoms with Crippen LogP contribution in [0, 0.1) is 20.2 Å². The van der Waals surface area contributed by atoms with E-state index < -0.39 is 36.8 Å². The van der Waals surface area contributed by atoms with Crippen molar-refractivity contribution in [2.75, 3.05) is 0 Å². The molecule has 2 rings (SSSR count). The molecule has 2 aromatic rings. The predicted molar refractivity (Wildman–Crippen MR) is 97.2 cm³/mol. The quantitative estimate of drug-likeness (QED) is 0.532. The third-order valence-corrected chi connectivity index (χ3v) is 5.06. The molecule has 0 atom stereocenters. The molecule has 26 heavy (non-hydrogen) atoms. The Bertz CT molecular complexity index is 1000. The maximum Gasteiger partial charge on any atom is 0.318 e. The van der Waals surface area contributed by atoms with Gasteiger partial charge in [0, 0.05) is 21.5 Å². The molecule has 0 aliphatic heterocycles. The van der Waals surface area contributed by atoms with Crippen molar-refractivity contribution in [3.05, 3.63) is 77.6 Å². The third kappa shape index (κ3) is 4.86. The standard InChI is InChI=1S/C15H11BrN2O7S/c16-12-3-1-10(2-4-12)9-26(24,25)6-5-11-7-13(17(20)21)8-14(15(11)19)18(22)23/h1-8,19H,9H2. The number of halogens is 1. The zero-order valence-electron chi connectivity index (χ0n) is 12.9. The van der Waals surface area contributed by atoms with Gasteiger partial charge in [-0.15, -0.1) is 0 Å². The first-order valence-corrected chi connectivity index (χ1v) is 9.41. The molecule has 0 unspecified atom stereocenters. The molecule has 0 aliphatic carbocycles. The molecule has 11 heteroatoms. The van der Waals surface area contributed by atoms with Crippen LogP contribution in [0.25, 0.3) is 6.08 Å². The minimum absolute atomic E-state index is 0.339. The van der Waals surface area contributed by atoms with Crippen LogP contribution < -0.4 is 0 Å². The minimum Gasteiger partial charge on any atom is -0.502 e. The van der Waals surface area contributed by atoms with E-state index in [9.17, 15) is 33.8 Å². The fourth-order valence-corrected chi connectivity index (χ4v) is 3.41. The Morgan fingerprint density at radius 2 is 1.69 bits per heavy atom. The van der Waals surface area contributed by atoms with E-state index >= 15 is 0 Å². The Hall–Kier alpha value is -2.79. The van der Waals surface area contributed by atoms with Gasteiger partial charge in [0.25, 0.3) is 5.69 Å². The van der Waals surface area contributed by atoms with Gasteiger partial charge in [-0.2, -0.15) is 0 Å². The predicted octanol–water partition coefficient (Wildman–Crippen LogP) is 3.56. The Morgan fingerprint density at radius 1 is 1.08 bits per heavy atom. The molecule has 0 saturated carbocycles. The van der Waals surface area contributed by atoms with Crippen LogP contribution in [0.2, 0.25) is 0 Å². The number of rotatable bonds is 6. The molecule has 0 amide bonds. The van der Waals surface area contributed by atoms with Gasteiger partial charge in [-0.1, -0.05) is 28.1 Å². The number of phenolic OH excluding ortho intramolecular Hbond substituents is 1. The van der Waals surface area contributed by atoms with E-state index in [-0.39, 0.29) is 11.3 Å². The van der Waals surface area contributed by atoms with Gasteiger partial charge in [0.2, 0.25) is 5.75 Å². The normalized spacial score (nSPS) is 11.6. The van der Waals surface area contributed by atoms with Crippen LogP contribution in [-0.2, 0) is 15.6 Å². The highest BCUT2D eigenvalue weighted by Crippen LogP contribution is 2.35. The lowest BCUT2D eigenvalue weighted by atomic mass is 10.1. The van der Waals surface area contributed by atoms with Crippen LogP contribution in [0.3, 0.4) is 0 Å². The molecule has 0 radical (unpaired) electrons. The highest BCUT2D eigenvalue weighted by Gasteiger charge is 2.23. The molecule has 2 aromatic carbocycles. The number of hydrogen-bond acceptors (Lipinski definition) is 7. The van der Waals surface area contributed by atoms with E-state index in [4.69, 9.17) is 0 Å². The first kappa shape index (κ1) is 19.5. The van der Waals surface area contributed by atoms with Gasteiger partial charge >= 0.3 is 5.69 Å². The van der Waals surface area contributed by atoms with Crippen molar-refractivity contribution < 1.29 is 23.4 Å². The van der Waals surface area contributed by atoms with Gasteiger partial charge in [0.1, 0.15) is 0 Å². The summed E-state index contributed by atoms with van der Waals surface area (Å²) >= 11 is 3.23. The molecular formula is C15H11BrN2O7S. The fourth-order valence-electron chi connectivity index (χ4n) is 2.04. The molecule has 0 aromatic heterocycles. The molecule has 9 nitrogen and oxygen atoms in total. The highest BCUT2D eigenvalue weighted by molar-refractivity contribution is 9.10. The van der Waals surface area contributed by atoms with E-state index in [1.165, 1.54) is 0 Å². The number of non-ortho nitro benzene ring substituents is 1. The number of nitrogens with zero attached hydrogens (tertiary/aromatic N) is 2. The van der Waals surface area contributed by atoms with E-state index in [1.807, 2.05) is 0 Å². The molecule has 0 bridgehead atoms. The van der Waals surface area contributed by atoms with Gasteiger partial charge in [-0.3, -0.25) is 20.2 Å². The second kappa shape index (κ2) is 7.62. The number of benzene rings is 2. The van der Waals surface area contributed by atoms with Crippen molar-refractivity contribution in [1.82, 2.24) is 0 Å². The first-order valence-electron chi connectivity index (χ1n) is 6.90. The number of aromatic hydroxyl groups is 1. The summed E-state index contributed by atoms with van der Waals surface area (Å²) in [5.74, 6) is -1.19. The Balaban J connectivity index is 2.37. The summed E-state index contributed by atoms with van der Waals surface area (Å²) in [7, 11) is -3.78. The average Bonchev–Trinajstić information content (AvgIpc) is 2.55. The van der Waals surface area contributed by atoms with Crippen molar-refractivity contribution in [3.63, 3.8) is 0 Å². The summed E-state index contributed by atoms with van der Waals surface area (Å²) in [4.78, 5) is 19.9. The lowest BCUT2D eigenvalue weighted by Crippen LogP contribution is -2.00. The molecule has 0 saturated heterocycles. The summed E-state index contributed by atoms with van der Waals surface area (Å²) in [5.41, 5.74) is -1.36. The number of phenols is 1. The van der Waals surface area contributed by atoms with Gasteiger partial charge in [0.05, 0.1) is 21.7 Å². The van der Waals surface area contributed by atoms with Gasteiger partial charge in [-0.25, -0.2) is 8.42 Å². The van der Waals surface area contributed by atoms with Gasteiger partial charge in [-0.05, 0) is 23.8 Å². The van der Waals surface area contributed by atoms with Crippen molar-refractivity contribution in [1.29, 1.82) is 0 Å². The van der Waals surface area contributed by atoms with E-state index in [0.29, 0.717) is 11.6 Å². The maximum absolute atomic E-state index is 12.2. The Morgan fingerprint density at radius 3 is 2.23 bits per heavy atom. The van der Waals surface area contributed by atoms with Crippen LogP contribution in [0.5, 0.6) is 5.75 Å². The topological polar surface area (TPSA) is 141 Å². The van der Waals surface area contributed by atoms with E-state index in [0.717, 1.165) is 22.0 Å². The number of sulfone groups is 1. The Labute approximate surface area is 155 Å². The van der Waals surface area contributed by atoms with Gasteiger partial charge < -0.3 is 5.11 Å². The smallest absolute Gasteiger partial charge is 0.318 e. The molecule has 136 valence electrons. The SMILES string of the molecule is O=[N+]([O-])c1cc(C=CS(=O)(=O)Cc2ccc(Br)cc2)c(O)c([N+](=O)[O-])c1. The molecule has 1 N–H and O–H groups in total. The summed E-state index contributed by atoms with van der Waals surface area (Å²) in [6.45, 7) is 0. The van der Waals surface area contributed by atoms with E-state index in [1.54, 1.807) is 24.3 Å². The van der Waals surface area contributed by atoms with Crippen molar-refractivity contribution in [2.24, 2.45) is 0 Å². The van der Waals surface area contributed by atoms with Crippen LogP contribution in [0.1, 0.15) is 11.1 Å². The Kier molecular flexibility index (Phi) is 5.73. The van der Waals surface area contributed by atoms with Crippen LogP contribution in [0.4, 0.5) is 11.4 Å². The van der Waals surface area contributed by atoms with Crippen LogP contribution in [0.15, 0.2) is 46.3 Å². The lowest BCUT2D eigenvalue weighted by molar-refractivity contribution is -0.394. The van der Waals surface area contributed by atoms with Gasteiger partial charge in [0.15, 0.2) is 9.84 Å². The molecule has 0 spiro atoms. The number of nitro groups is 2. The van der Waals surface area contributed by atoms with Crippen molar-refractivity contribution >= 4 is 43.2 Å².